The van der Waals surface area contributed by atoms with Crippen molar-refractivity contribution in [1.29, 1.82) is 0 Å². The first kappa shape index (κ1) is 29.9. The first-order valence-corrected chi connectivity index (χ1v) is 14.5. The molecule has 0 atom stereocenters. The Labute approximate surface area is 251 Å². The molecule has 4 aromatic rings. The number of nitrogens with one attached hydrogen (secondary N) is 1. The fraction of sp³-hybridized carbons (Fsp3) is 0.375. The first-order valence-electron chi connectivity index (χ1n) is 14.5. The maximum absolute atomic E-state index is 14.9. The lowest BCUT2D eigenvalue weighted by Crippen LogP contribution is -2.37. The normalized spacial score (nSPS) is 16.5. The van der Waals surface area contributed by atoms with E-state index in [-0.39, 0.29) is 36.4 Å². The smallest absolute Gasteiger partial charge is 0.379 e. The summed E-state index contributed by atoms with van der Waals surface area (Å²) >= 11 is 0. The summed E-state index contributed by atoms with van der Waals surface area (Å²) in [6.45, 7) is 4.56. The molecule has 12 heteroatoms. The van der Waals surface area contributed by atoms with Crippen LogP contribution in [0.15, 0.2) is 65.4 Å². The summed E-state index contributed by atoms with van der Waals surface area (Å²) in [5.74, 6) is -1.08. The SMILES string of the molecule is O=C(Cc1ccc(-c2cnc(Cc3ccc(CCN4CCOCC4)cc3)nc2)cc1F)Nc1cc(C2(C(F)(F)F)CC2)on1. The zero-order valence-electron chi connectivity index (χ0n) is 23.9. The number of amides is 1. The molecule has 0 unspecified atom stereocenters. The fourth-order valence-electron chi connectivity index (χ4n) is 5.30. The molecule has 2 aliphatic rings. The van der Waals surface area contributed by atoms with Gasteiger partial charge in [0.1, 0.15) is 17.1 Å². The molecule has 1 saturated heterocycles. The van der Waals surface area contributed by atoms with Crippen molar-refractivity contribution in [2.75, 3.05) is 38.2 Å². The molecule has 8 nitrogen and oxygen atoms in total. The summed E-state index contributed by atoms with van der Waals surface area (Å²) < 4.78 is 65.1. The minimum atomic E-state index is -4.46. The van der Waals surface area contributed by atoms with E-state index < -0.39 is 23.3 Å². The van der Waals surface area contributed by atoms with Crippen LogP contribution in [0.3, 0.4) is 0 Å². The van der Waals surface area contributed by atoms with Crippen LogP contribution in [0.4, 0.5) is 23.4 Å². The summed E-state index contributed by atoms with van der Waals surface area (Å²) in [5, 5.41) is 5.92. The summed E-state index contributed by atoms with van der Waals surface area (Å²) in [4.78, 5) is 23.8. The second kappa shape index (κ2) is 12.4. The van der Waals surface area contributed by atoms with Crippen LogP contribution in [0.1, 0.15) is 41.1 Å². The number of rotatable bonds is 10. The van der Waals surface area contributed by atoms with E-state index in [4.69, 9.17) is 9.26 Å². The van der Waals surface area contributed by atoms with Gasteiger partial charge in [-0.05, 0) is 47.6 Å². The molecule has 2 aromatic carbocycles. The standard InChI is InChI=1S/C32H31F4N5O3/c33-26-16-23(5-6-24(26)17-30(42)39-29-18-27(44-40-29)31(8-9-31)32(34,35)36)25-19-37-28(38-20-25)15-22-3-1-21(2-4-22)7-10-41-11-13-43-14-12-41/h1-6,16,18-20H,7-15,17H2,(H,39,40,42). The third kappa shape index (κ3) is 6.81. The fourth-order valence-corrected chi connectivity index (χ4v) is 5.30. The highest BCUT2D eigenvalue weighted by atomic mass is 19.4. The van der Waals surface area contributed by atoms with Crippen LogP contribution in [-0.4, -0.2) is 65.0 Å². The molecule has 6 rings (SSSR count). The Morgan fingerprint density at radius 2 is 1.66 bits per heavy atom. The minimum Gasteiger partial charge on any atom is -0.379 e. The van der Waals surface area contributed by atoms with E-state index in [9.17, 15) is 22.4 Å². The van der Waals surface area contributed by atoms with Crippen LogP contribution in [0.5, 0.6) is 0 Å². The lowest BCUT2D eigenvalue weighted by Gasteiger charge is -2.26. The maximum Gasteiger partial charge on any atom is 0.401 e. The average molecular weight is 610 g/mol. The second-order valence-electron chi connectivity index (χ2n) is 11.3. The molecular formula is C32H31F4N5O3. The van der Waals surface area contributed by atoms with E-state index in [2.05, 4.69) is 49.6 Å². The van der Waals surface area contributed by atoms with Crippen molar-refractivity contribution in [2.24, 2.45) is 0 Å². The van der Waals surface area contributed by atoms with E-state index in [1.54, 1.807) is 18.5 Å². The Hall–Kier alpha value is -4.16. The number of hydrogen-bond donors (Lipinski definition) is 1. The highest BCUT2D eigenvalue weighted by molar-refractivity contribution is 5.91. The van der Waals surface area contributed by atoms with Crippen LogP contribution in [0.25, 0.3) is 11.1 Å². The third-order valence-electron chi connectivity index (χ3n) is 8.19. The van der Waals surface area contributed by atoms with E-state index >= 15 is 0 Å². The Balaban J connectivity index is 1.01. The number of carbonyl (C=O) groups excluding carboxylic acids is 1. The van der Waals surface area contributed by atoms with Crippen molar-refractivity contribution >= 4 is 11.7 Å². The molecule has 44 heavy (non-hydrogen) atoms. The van der Waals surface area contributed by atoms with Gasteiger partial charge in [-0.3, -0.25) is 9.69 Å². The summed E-state index contributed by atoms with van der Waals surface area (Å²) in [6, 6.07) is 14.0. The van der Waals surface area contributed by atoms with Crippen molar-refractivity contribution in [2.45, 2.75) is 43.7 Å². The van der Waals surface area contributed by atoms with Crippen molar-refractivity contribution < 1.29 is 31.6 Å². The zero-order valence-corrected chi connectivity index (χ0v) is 23.9. The van der Waals surface area contributed by atoms with Gasteiger partial charge in [0, 0.05) is 50.1 Å². The number of halogens is 4. The van der Waals surface area contributed by atoms with Gasteiger partial charge in [0.25, 0.3) is 0 Å². The van der Waals surface area contributed by atoms with Crippen molar-refractivity contribution in [3.63, 3.8) is 0 Å². The number of hydrogen-bond acceptors (Lipinski definition) is 7. The quantitative estimate of drug-likeness (QED) is 0.237. The molecule has 1 amide bonds. The number of aromatic nitrogens is 3. The second-order valence-corrected chi connectivity index (χ2v) is 11.3. The predicted molar refractivity (Wildman–Crippen MR) is 153 cm³/mol. The predicted octanol–water partition coefficient (Wildman–Crippen LogP) is 5.51. The monoisotopic (exact) mass is 609 g/mol. The number of alkyl halides is 3. The lowest BCUT2D eigenvalue weighted by atomic mass is 10.0. The van der Waals surface area contributed by atoms with Crippen molar-refractivity contribution in [1.82, 2.24) is 20.0 Å². The number of anilines is 1. The van der Waals surface area contributed by atoms with Crippen LogP contribution in [-0.2, 0) is 34.2 Å². The Kier molecular flexibility index (Phi) is 8.46. The molecule has 2 aromatic heterocycles. The van der Waals surface area contributed by atoms with E-state index in [1.807, 2.05) is 0 Å². The molecule has 2 fully saturated rings. The van der Waals surface area contributed by atoms with Gasteiger partial charge in [0.05, 0.1) is 19.6 Å². The van der Waals surface area contributed by atoms with Crippen molar-refractivity contribution in [3.8, 4) is 11.1 Å². The van der Waals surface area contributed by atoms with E-state index in [0.717, 1.165) is 50.9 Å². The number of nitrogens with zero attached hydrogens (tertiary/aromatic N) is 4. The topological polar surface area (TPSA) is 93.4 Å². The van der Waals surface area contributed by atoms with Gasteiger partial charge in [0.2, 0.25) is 5.91 Å². The molecule has 3 heterocycles. The van der Waals surface area contributed by atoms with Crippen LogP contribution in [0.2, 0.25) is 0 Å². The van der Waals surface area contributed by atoms with Crippen LogP contribution >= 0.6 is 0 Å². The van der Waals surface area contributed by atoms with Gasteiger partial charge in [-0.2, -0.15) is 13.2 Å². The Bertz CT molecular complexity index is 1600. The number of carbonyl (C=O) groups is 1. The Morgan fingerprint density at radius 1 is 0.955 bits per heavy atom. The van der Waals surface area contributed by atoms with E-state index in [0.29, 0.717) is 23.4 Å². The molecule has 0 spiro atoms. The third-order valence-corrected chi connectivity index (χ3v) is 8.19. The molecule has 230 valence electrons. The molecule has 0 bridgehead atoms. The van der Waals surface area contributed by atoms with E-state index in [1.165, 1.54) is 17.7 Å². The van der Waals surface area contributed by atoms with Gasteiger partial charge >= 0.3 is 6.18 Å². The number of ether oxygens (including phenoxy) is 1. The highest BCUT2D eigenvalue weighted by Gasteiger charge is 2.66. The van der Waals surface area contributed by atoms with Gasteiger partial charge in [-0.15, -0.1) is 0 Å². The largest absolute Gasteiger partial charge is 0.401 e. The molecule has 1 aliphatic carbocycles. The van der Waals surface area contributed by atoms with Crippen molar-refractivity contribution in [3.05, 3.63) is 95.0 Å². The Morgan fingerprint density at radius 3 is 2.32 bits per heavy atom. The highest BCUT2D eigenvalue weighted by Crippen LogP contribution is 2.59. The van der Waals surface area contributed by atoms with Crippen LogP contribution < -0.4 is 5.32 Å². The van der Waals surface area contributed by atoms with Gasteiger partial charge in [0.15, 0.2) is 11.6 Å². The minimum absolute atomic E-state index is 0.0887. The summed E-state index contributed by atoms with van der Waals surface area (Å²) in [6.07, 6.45) is -0.147. The van der Waals surface area contributed by atoms with Gasteiger partial charge < -0.3 is 14.6 Å². The molecular weight excluding hydrogens is 578 g/mol. The number of benzene rings is 2. The van der Waals surface area contributed by atoms with Gasteiger partial charge in [-0.25, -0.2) is 14.4 Å². The summed E-state index contributed by atoms with van der Waals surface area (Å²) in [5.41, 5.74) is 1.62. The zero-order chi connectivity index (χ0) is 30.7. The molecule has 0 radical (unpaired) electrons. The lowest BCUT2D eigenvalue weighted by molar-refractivity contribution is -0.165. The molecule has 1 saturated carbocycles. The van der Waals surface area contributed by atoms with Crippen LogP contribution in [0, 0.1) is 5.82 Å². The first-order chi connectivity index (χ1) is 21.2. The molecule has 1 N–H and O–H groups in total. The average Bonchev–Trinajstić information content (AvgIpc) is 3.72. The number of morpholine rings is 1. The summed E-state index contributed by atoms with van der Waals surface area (Å²) in [7, 11) is 0. The van der Waals surface area contributed by atoms with Gasteiger partial charge in [-0.1, -0.05) is 41.6 Å². The molecule has 1 aliphatic heterocycles. The maximum atomic E-state index is 14.9.